The molecule has 0 radical (unpaired) electrons. The fourth-order valence-electron chi connectivity index (χ4n) is 5.33. The van der Waals surface area contributed by atoms with E-state index in [1.807, 2.05) is 60.7 Å². The molecule has 1 N–H and O–H groups in total. The first-order valence-corrected chi connectivity index (χ1v) is 13.7. The molecule has 1 aliphatic heterocycles. The molecule has 8 nitrogen and oxygen atoms in total. The van der Waals surface area contributed by atoms with Gasteiger partial charge in [-0.15, -0.1) is 0 Å². The summed E-state index contributed by atoms with van der Waals surface area (Å²) in [6.07, 6.45) is 0. The van der Waals surface area contributed by atoms with Crippen molar-refractivity contribution in [3.8, 4) is 17.2 Å². The number of fused-ring (bicyclic) bond motifs is 1. The molecule has 43 heavy (non-hydrogen) atoms. The highest BCUT2D eigenvalue weighted by Gasteiger charge is 2.45. The highest BCUT2D eigenvalue weighted by Crippen LogP contribution is 2.43. The third-order valence-corrected chi connectivity index (χ3v) is 7.44. The topological polar surface area (TPSA) is 98.4 Å². The average Bonchev–Trinajstić information content (AvgIpc) is 3.60. The van der Waals surface area contributed by atoms with Gasteiger partial charge in [-0.1, -0.05) is 78.9 Å². The summed E-state index contributed by atoms with van der Waals surface area (Å²) in [4.78, 5) is 29.1. The standard InChI is InChI=1S/C35H29NO7/c1-40-27-15-9-14-25-19-29(43-34(25)27)32(37)30-31(36(35(39)33(30)38)20-22-10-5-3-6-11-22)24-16-17-26(28(18-24)41-2)42-21-23-12-7-4-8-13-23/h3-19,31,38H,20-21H2,1-2H3. The van der Waals surface area contributed by atoms with E-state index in [0.29, 0.717) is 40.4 Å². The maximum atomic E-state index is 14.0. The smallest absolute Gasteiger partial charge is 0.290 e. The lowest BCUT2D eigenvalue weighted by molar-refractivity contribution is -0.130. The minimum Gasteiger partial charge on any atom is -0.503 e. The van der Waals surface area contributed by atoms with Crippen molar-refractivity contribution in [2.75, 3.05) is 14.2 Å². The van der Waals surface area contributed by atoms with Gasteiger partial charge in [0.15, 0.2) is 34.4 Å². The minimum absolute atomic E-state index is 0.0183. The van der Waals surface area contributed by atoms with E-state index in [1.165, 1.54) is 19.1 Å². The van der Waals surface area contributed by atoms with Crippen LogP contribution in [-0.4, -0.2) is 35.9 Å². The Balaban J connectivity index is 1.40. The number of carbonyl (C=O) groups is 2. The summed E-state index contributed by atoms with van der Waals surface area (Å²) in [7, 11) is 3.04. The summed E-state index contributed by atoms with van der Waals surface area (Å²) in [6, 6.07) is 30.3. The number of carbonyl (C=O) groups excluding carboxylic acids is 2. The van der Waals surface area contributed by atoms with E-state index in [4.69, 9.17) is 18.6 Å². The molecule has 8 heteroatoms. The van der Waals surface area contributed by atoms with Gasteiger partial charge in [0, 0.05) is 11.9 Å². The summed E-state index contributed by atoms with van der Waals surface area (Å²) in [6.45, 7) is 0.492. The van der Waals surface area contributed by atoms with E-state index in [-0.39, 0.29) is 17.9 Å². The zero-order valence-corrected chi connectivity index (χ0v) is 23.7. The van der Waals surface area contributed by atoms with Crippen molar-refractivity contribution in [2.24, 2.45) is 0 Å². The zero-order valence-electron chi connectivity index (χ0n) is 23.7. The number of Topliss-reactive ketones (excluding diaryl/α,β-unsaturated/α-hetero) is 1. The molecule has 0 spiro atoms. The van der Waals surface area contributed by atoms with Crippen LogP contribution in [0.2, 0.25) is 0 Å². The maximum Gasteiger partial charge on any atom is 0.290 e. The van der Waals surface area contributed by atoms with E-state index in [1.54, 1.807) is 42.5 Å². The number of ether oxygens (including phenoxy) is 3. The van der Waals surface area contributed by atoms with E-state index >= 15 is 0 Å². The normalized spacial score (nSPS) is 14.8. The van der Waals surface area contributed by atoms with Crippen LogP contribution in [0.25, 0.3) is 11.0 Å². The zero-order chi connectivity index (χ0) is 29.9. The Hall–Kier alpha value is -5.50. The molecule has 216 valence electrons. The Kier molecular flexibility index (Phi) is 7.57. The summed E-state index contributed by atoms with van der Waals surface area (Å²) < 4.78 is 23.0. The molecule has 5 aromatic rings. The van der Waals surface area contributed by atoms with Crippen LogP contribution in [0, 0.1) is 0 Å². The van der Waals surface area contributed by atoms with Crippen LogP contribution in [0.5, 0.6) is 17.2 Å². The van der Waals surface area contributed by atoms with Gasteiger partial charge in [0.2, 0.25) is 5.78 Å². The second kappa shape index (κ2) is 11.8. The van der Waals surface area contributed by atoms with Crippen molar-refractivity contribution >= 4 is 22.7 Å². The van der Waals surface area contributed by atoms with Gasteiger partial charge in [0.25, 0.3) is 5.91 Å². The van der Waals surface area contributed by atoms with E-state index in [2.05, 4.69) is 0 Å². The van der Waals surface area contributed by atoms with Crippen molar-refractivity contribution < 1.29 is 33.3 Å². The fraction of sp³-hybridized carbons (Fsp3) is 0.143. The number of hydrogen-bond acceptors (Lipinski definition) is 7. The lowest BCUT2D eigenvalue weighted by atomic mass is 9.94. The molecule has 0 saturated carbocycles. The quantitative estimate of drug-likeness (QED) is 0.183. The molecule has 2 heterocycles. The molecule has 1 amide bonds. The molecular formula is C35H29NO7. The third-order valence-electron chi connectivity index (χ3n) is 7.44. The predicted octanol–water partition coefficient (Wildman–Crippen LogP) is 6.81. The van der Waals surface area contributed by atoms with E-state index in [0.717, 1.165) is 11.1 Å². The Morgan fingerprint density at radius 1 is 0.814 bits per heavy atom. The molecule has 1 aromatic heterocycles. The van der Waals surface area contributed by atoms with Gasteiger partial charge in [-0.25, -0.2) is 0 Å². The Bertz CT molecular complexity index is 1830. The predicted molar refractivity (Wildman–Crippen MR) is 160 cm³/mol. The second-order valence-corrected chi connectivity index (χ2v) is 10.1. The van der Waals surface area contributed by atoms with Crippen LogP contribution in [-0.2, 0) is 17.9 Å². The number of methoxy groups -OCH3 is 2. The fourth-order valence-corrected chi connectivity index (χ4v) is 5.33. The lowest BCUT2D eigenvalue weighted by Crippen LogP contribution is -2.30. The Morgan fingerprint density at radius 3 is 2.21 bits per heavy atom. The summed E-state index contributed by atoms with van der Waals surface area (Å²) >= 11 is 0. The van der Waals surface area contributed by atoms with Crippen LogP contribution >= 0.6 is 0 Å². The number of furan rings is 1. The number of aliphatic hydroxyl groups is 1. The largest absolute Gasteiger partial charge is 0.503 e. The summed E-state index contributed by atoms with van der Waals surface area (Å²) in [5.74, 6) is -0.513. The van der Waals surface area contributed by atoms with Gasteiger partial charge < -0.3 is 28.6 Å². The SMILES string of the molecule is COc1cc(C2C(C(=O)c3cc4cccc(OC)c4o3)=C(O)C(=O)N2Cc2ccccc2)ccc1OCc1ccccc1. The highest BCUT2D eigenvalue weighted by molar-refractivity contribution is 6.16. The van der Waals surface area contributed by atoms with E-state index < -0.39 is 23.5 Å². The van der Waals surface area contributed by atoms with Crippen LogP contribution in [0.1, 0.15) is 33.3 Å². The van der Waals surface area contributed by atoms with Gasteiger partial charge >= 0.3 is 0 Å². The molecule has 0 fully saturated rings. The number of nitrogens with zero attached hydrogens (tertiary/aromatic N) is 1. The third kappa shape index (κ3) is 5.30. The molecule has 1 aliphatic rings. The van der Waals surface area contributed by atoms with Crippen molar-refractivity contribution in [3.05, 3.63) is 137 Å². The number of hydrogen-bond donors (Lipinski definition) is 1. The first-order chi connectivity index (χ1) is 21.0. The van der Waals surface area contributed by atoms with Gasteiger partial charge in [0.05, 0.1) is 25.8 Å². The number of para-hydroxylation sites is 1. The Morgan fingerprint density at radius 2 is 1.51 bits per heavy atom. The monoisotopic (exact) mass is 575 g/mol. The minimum atomic E-state index is -0.924. The number of aliphatic hydroxyl groups excluding tert-OH is 1. The van der Waals surface area contributed by atoms with Gasteiger partial charge in [0.1, 0.15) is 6.61 Å². The molecule has 6 rings (SSSR count). The van der Waals surface area contributed by atoms with Crippen LogP contribution in [0.15, 0.2) is 119 Å². The molecule has 1 atom stereocenters. The molecule has 4 aromatic carbocycles. The first kappa shape index (κ1) is 27.7. The molecule has 1 unspecified atom stereocenters. The molecule has 0 aliphatic carbocycles. The first-order valence-electron chi connectivity index (χ1n) is 13.7. The van der Waals surface area contributed by atoms with Gasteiger partial charge in [-0.05, 0) is 41.0 Å². The van der Waals surface area contributed by atoms with Crippen LogP contribution in [0.4, 0.5) is 0 Å². The molecule has 0 bridgehead atoms. The average molecular weight is 576 g/mol. The van der Waals surface area contributed by atoms with Gasteiger partial charge in [-0.2, -0.15) is 0 Å². The van der Waals surface area contributed by atoms with Crippen molar-refractivity contribution in [3.63, 3.8) is 0 Å². The van der Waals surface area contributed by atoms with Gasteiger partial charge in [-0.3, -0.25) is 9.59 Å². The lowest BCUT2D eigenvalue weighted by Gasteiger charge is -2.27. The summed E-state index contributed by atoms with van der Waals surface area (Å²) in [5.41, 5.74) is 2.71. The second-order valence-electron chi connectivity index (χ2n) is 10.1. The molecular weight excluding hydrogens is 546 g/mol. The van der Waals surface area contributed by atoms with Crippen molar-refractivity contribution in [1.29, 1.82) is 0 Å². The highest BCUT2D eigenvalue weighted by atomic mass is 16.5. The number of ketones is 1. The number of benzene rings is 4. The maximum absolute atomic E-state index is 14.0. The van der Waals surface area contributed by atoms with E-state index in [9.17, 15) is 14.7 Å². The van der Waals surface area contributed by atoms with Crippen molar-refractivity contribution in [2.45, 2.75) is 19.2 Å². The number of amides is 1. The number of rotatable bonds is 10. The van der Waals surface area contributed by atoms with Crippen LogP contribution in [0.3, 0.4) is 0 Å². The van der Waals surface area contributed by atoms with Crippen molar-refractivity contribution in [1.82, 2.24) is 4.90 Å². The molecule has 0 saturated heterocycles. The Labute approximate surface area is 248 Å². The van der Waals surface area contributed by atoms with Crippen LogP contribution < -0.4 is 14.2 Å². The summed E-state index contributed by atoms with van der Waals surface area (Å²) in [5, 5.41) is 11.8.